The molecule has 0 fully saturated rings. The molecule has 0 aromatic rings. The van der Waals surface area contributed by atoms with Gasteiger partial charge in [-0.1, -0.05) is 0 Å². The second kappa shape index (κ2) is 8.25. The molecule has 0 atom stereocenters. The van der Waals surface area contributed by atoms with Gasteiger partial charge in [-0.05, 0) is 13.8 Å². The van der Waals surface area contributed by atoms with Crippen molar-refractivity contribution >= 4 is 7.60 Å². The Morgan fingerprint density at radius 1 is 1.33 bits per heavy atom. The van der Waals surface area contributed by atoms with Crippen LogP contribution in [0.5, 0.6) is 0 Å². The van der Waals surface area contributed by atoms with Gasteiger partial charge >= 0.3 is 37.2 Å². The Bertz CT molecular complexity index is 182. The van der Waals surface area contributed by atoms with Gasteiger partial charge in [0.2, 0.25) is 0 Å². The maximum atomic E-state index is 11.3. The zero-order chi connectivity index (χ0) is 8.74. The summed E-state index contributed by atoms with van der Waals surface area (Å²) in [6.07, 6.45) is -0.172. The summed E-state index contributed by atoms with van der Waals surface area (Å²) in [7, 11) is -3.08. The van der Waals surface area contributed by atoms with Crippen LogP contribution in [0.4, 0.5) is 0 Å². The van der Waals surface area contributed by atoms with Crippen LogP contribution < -0.4 is 29.6 Å². The van der Waals surface area contributed by atoms with Gasteiger partial charge in [0, 0.05) is 0 Å². The van der Waals surface area contributed by atoms with E-state index in [1.165, 1.54) is 0 Å². The zero-order valence-electron chi connectivity index (χ0n) is 7.74. The second-order valence-electron chi connectivity index (χ2n) is 1.76. The molecule has 0 aliphatic carbocycles. The van der Waals surface area contributed by atoms with E-state index in [4.69, 9.17) is 14.3 Å². The summed E-state index contributed by atoms with van der Waals surface area (Å²) < 4.78 is 21.0. The van der Waals surface area contributed by atoms with Crippen molar-refractivity contribution in [1.29, 1.82) is 5.26 Å². The predicted molar refractivity (Wildman–Crippen MR) is 41.3 cm³/mol. The molecule has 6 heteroatoms. The zero-order valence-corrected chi connectivity index (χ0v) is 10.6. The van der Waals surface area contributed by atoms with E-state index in [9.17, 15) is 4.57 Å². The summed E-state index contributed by atoms with van der Waals surface area (Å²) in [5.74, 6) is 0. The van der Waals surface area contributed by atoms with Crippen LogP contribution in [0.15, 0.2) is 0 Å². The van der Waals surface area contributed by atoms with E-state index >= 15 is 0 Å². The number of nitriles is 1. The first kappa shape index (κ1) is 15.1. The summed E-state index contributed by atoms with van der Waals surface area (Å²) in [4.78, 5) is 0. The molecule has 0 aromatic carbocycles. The number of hydrogen-bond donors (Lipinski definition) is 0. The monoisotopic (exact) mass is 200 g/mol. The molecule has 0 saturated heterocycles. The van der Waals surface area contributed by atoms with Crippen molar-refractivity contribution in [2.75, 3.05) is 19.4 Å². The van der Waals surface area contributed by atoms with E-state index in [0.29, 0.717) is 13.2 Å². The minimum atomic E-state index is -3.08. The van der Waals surface area contributed by atoms with Crippen LogP contribution in [-0.2, 0) is 13.6 Å². The molecule has 12 heavy (non-hydrogen) atoms. The molecule has 0 aliphatic rings. The van der Waals surface area contributed by atoms with Gasteiger partial charge in [-0.2, -0.15) is 5.26 Å². The molecular formula is C6H12NNaO3P+. The number of hydrogen-bond acceptors (Lipinski definition) is 4. The van der Waals surface area contributed by atoms with E-state index in [0.717, 1.165) is 0 Å². The summed E-state index contributed by atoms with van der Waals surface area (Å²) in [6, 6.07) is 1.76. The third kappa shape index (κ3) is 6.19. The van der Waals surface area contributed by atoms with Gasteiger partial charge in [-0.25, -0.2) is 0 Å². The van der Waals surface area contributed by atoms with Crippen LogP contribution in [-0.4, -0.2) is 19.4 Å². The Balaban J connectivity index is 0. The minimum Gasteiger partial charge on any atom is -0.308 e. The van der Waals surface area contributed by atoms with Crippen molar-refractivity contribution < 1.29 is 43.2 Å². The van der Waals surface area contributed by atoms with Crippen molar-refractivity contribution in [2.45, 2.75) is 13.8 Å². The average Bonchev–Trinajstić information content (AvgIpc) is 1.88. The number of rotatable bonds is 5. The third-order valence-electron chi connectivity index (χ3n) is 0.916. The molecule has 0 heterocycles. The standard InChI is InChI=1S/C6H12NO3P.Na/c1-3-9-11(8,6-5-7)10-4-2;/h3-4,6H2,1-2H3;/q;+1. The Morgan fingerprint density at radius 3 is 2.00 bits per heavy atom. The molecule has 0 bridgehead atoms. The molecule has 0 saturated carbocycles. The minimum absolute atomic E-state index is 0. The Labute approximate surface area is 95.1 Å². The van der Waals surface area contributed by atoms with Crippen LogP contribution in [0.1, 0.15) is 13.8 Å². The normalized spacial score (nSPS) is 10.1. The fourth-order valence-corrected chi connectivity index (χ4v) is 1.83. The third-order valence-corrected chi connectivity index (χ3v) is 2.75. The molecule has 0 aliphatic heterocycles. The van der Waals surface area contributed by atoms with Gasteiger partial charge in [0.1, 0.15) is 6.16 Å². The Morgan fingerprint density at radius 2 is 1.75 bits per heavy atom. The largest absolute Gasteiger partial charge is 1.00 e. The van der Waals surface area contributed by atoms with Gasteiger partial charge in [0.05, 0.1) is 19.3 Å². The van der Waals surface area contributed by atoms with Gasteiger partial charge < -0.3 is 9.05 Å². The molecule has 0 aromatic heterocycles. The second-order valence-corrected chi connectivity index (χ2v) is 3.82. The quantitative estimate of drug-likeness (QED) is 0.412. The van der Waals surface area contributed by atoms with Crippen molar-refractivity contribution in [3.05, 3.63) is 0 Å². The van der Waals surface area contributed by atoms with Crippen molar-refractivity contribution in [3.63, 3.8) is 0 Å². The van der Waals surface area contributed by atoms with Crippen LogP contribution in [0.3, 0.4) is 0 Å². The predicted octanol–water partition coefficient (Wildman–Crippen LogP) is -1.22. The van der Waals surface area contributed by atoms with Gasteiger partial charge in [-0.15, -0.1) is 0 Å². The molecule has 0 spiro atoms. The molecule has 4 nitrogen and oxygen atoms in total. The Hall–Kier alpha value is 0.640. The smallest absolute Gasteiger partial charge is 0.308 e. The van der Waals surface area contributed by atoms with Gasteiger partial charge in [-0.3, -0.25) is 4.57 Å². The first-order chi connectivity index (χ1) is 5.18. The van der Waals surface area contributed by atoms with Crippen LogP contribution >= 0.6 is 7.60 Å². The molecule has 0 amide bonds. The SMILES string of the molecule is CCOP(=O)(CC#N)OCC.[Na+]. The molecule has 64 valence electrons. The first-order valence-electron chi connectivity index (χ1n) is 3.43. The molecule has 0 unspecified atom stereocenters. The van der Waals surface area contributed by atoms with Crippen LogP contribution in [0, 0.1) is 11.3 Å². The molecule has 0 radical (unpaired) electrons. The van der Waals surface area contributed by atoms with Crippen molar-refractivity contribution in [3.8, 4) is 6.07 Å². The Kier molecular flexibility index (Phi) is 10.4. The van der Waals surface area contributed by atoms with Gasteiger partial charge in [0.25, 0.3) is 0 Å². The molecule has 0 rings (SSSR count). The van der Waals surface area contributed by atoms with Crippen LogP contribution in [0.2, 0.25) is 0 Å². The fourth-order valence-electron chi connectivity index (χ4n) is 0.609. The fraction of sp³-hybridized carbons (Fsp3) is 0.833. The van der Waals surface area contributed by atoms with E-state index in [2.05, 4.69) is 0 Å². The summed E-state index contributed by atoms with van der Waals surface area (Å²) in [6.45, 7) is 4.03. The number of nitrogens with zero attached hydrogens (tertiary/aromatic N) is 1. The van der Waals surface area contributed by atoms with E-state index < -0.39 is 7.60 Å². The van der Waals surface area contributed by atoms with E-state index in [-0.39, 0.29) is 35.7 Å². The summed E-state index contributed by atoms with van der Waals surface area (Å²) >= 11 is 0. The van der Waals surface area contributed by atoms with Gasteiger partial charge in [0.15, 0.2) is 0 Å². The maximum absolute atomic E-state index is 11.3. The first-order valence-corrected chi connectivity index (χ1v) is 5.16. The summed E-state index contributed by atoms with van der Waals surface area (Å²) in [5.41, 5.74) is 0. The van der Waals surface area contributed by atoms with E-state index in [1.54, 1.807) is 19.9 Å². The molecular weight excluding hydrogens is 188 g/mol. The maximum Gasteiger partial charge on any atom is 1.00 e. The average molecular weight is 200 g/mol. The van der Waals surface area contributed by atoms with E-state index in [1.807, 2.05) is 0 Å². The summed E-state index contributed by atoms with van der Waals surface area (Å²) in [5, 5.41) is 8.27. The van der Waals surface area contributed by atoms with Crippen LogP contribution in [0.25, 0.3) is 0 Å². The van der Waals surface area contributed by atoms with Crippen molar-refractivity contribution in [1.82, 2.24) is 0 Å². The van der Waals surface area contributed by atoms with Crippen molar-refractivity contribution in [2.24, 2.45) is 0 Å². The molecule has 0 N–H and O–H groups in total. The topological polar surface area (TPSA) is 59.3 Å².